The zero-order valence-corrected chi connectivity index (χ0v) is 12.5. The van der Waals surface area contributed by atoms with Crippen LogP contribution in [0.4, 0.5) is 11.4 Å². The molecule has 0 aliphatic rings. The molecule has 0 aliphatic carbocycles. The standard InChI is InChI=1S/C13H19N3O3.ClH/c1-9(19-3)13(18)16-11-6-4-5-10(7-11)15-12(17)8-14-2;/h4-7,9,14H,8H2,1-3H3,(H,15,17)(H,16,18);1H. The molecule has 1 aromatic rings. The van der Waals surface area contributed by atoms with Gasteiger partial charge in [-0.3, -0.25) is 9.59 Å². The van der Waals surface area contributed by atoms with Crippen LogP contribution in [0, 0.1) is 0 Å². The Labute approximate surface area is 124 Å². The summed E-state index contributed by atoms with van der Waals surface area (Å²) in [7, 11) is 3.17. The quantitative estimate of drug-likeness (QED) is 0.738. The largest absolute Gasteiger partial charge is 0.372 e. The van der Waals surface area contributed by atoms with E-state index < -0.39 is 6.10 Å². The fraction of sp³-hybridized carbons (Fsp3) is 0.385. The molecule has 0 bridgehead atoms. The van der Waals surface area contributed by atoms with Crippen molar-refractivity contribution in [1.82, 2.24) is 5.32 Å². The van der Waals surface area contributed by atoms with E-state index in [2.05, 4.69) is 16.0 Å². The Bertz CT molecular complexity index is 454. The molecular formula is C13H20ClN3O3. The summed E-state index contributed by atoms with van der Waals surface area (Å²) < 4.78 is 4.92. The number of likely N-dealkylation sites (N-methyl/N-ethyl adjacent to an activating group) is 1. The number of carbonyl (C=O) groups excluding carboxylic acids is 2. The minimum Gasteiger partial charge on any atom is -0.372 e. The van der Waals surface area contributed by atoms with Crippen molar-refractivity contribution in [3.63, 3.8) is 0 Å². The van der Waals surface area contributed by atoms with Crippen molar-refractivity contribution in [2.75, 3.05) is 31.3 Å². The van der Waals surface area contributed by atoms with E-state index in [1.54, 1.807) is 38.2 Å². The molecule has 0 aromatic heterocycles. The van der Waals surface area contributed by atoms with Crippen LogP contribution in [-0.2, 0) is 14.3 Å². The van der Waals surface area contributed by atoms with E-state index in [0.29, 0.717) is 11.4 Å². The SMILES string of the molecule is CNCC(=O)Nc1cccc(NC(=O)C(C)OC)c1.Cl. The number of ether oxygens (including phenoxy) is 1. The summed E-state index contributed by atoms with van der Waals surface area (Å²) in [6.07, 6.45) is -0.525. The van der Waals surface area contributed by atoms with Gasteiger partial charge in [-0.05, 0) is 32.2 Å². The molecule has 0 spiro atoms. The van der Waals surface area contributed by atoms with Gasteiger partial charge in [0.15, 0.2) is 0 Å². The van der Waals surface area contributed by atoms with Crippen molar-refractivity contribution < 1.29 is 14.3 Å². The van der Waals surface area contributed by atoms with Crippen LogP contribution in [0.3, 0.4) is 0 Å². The van der Waals surface area contributed by atoms with Crippen molar-refractivity contribution >= 4 is 35.6 Å². The van der Waals surface area contributed by atoms with Gasteiger partial charge in [0.25, 0.3) is 5.91 Å². The Morgan fingerprint density at radius 2 is 1.85 bits per heavy atom. The Balaban J connectivity index is 0.00000361. The molecule has 3 N–H and O–H groups in total. The highest BCUT2D eigenvalue weighted by Crippen LogP contribution is 2.15. The zero-order valence-electron chi connectivity index (χ0n) is 11.7. The van der Waals surface area contributed by atoms with Gasteiger partial charge < -0.3 is 20.7 Å². The highest BCUT2D eigenvalue weighted by Gasteiger charge is 2.11. The Kier molecular flexibility index (Phi) is 8.54. The molecule has 0 radical (unpaired) electrons. The Morgan fingerprint density at radius 3 is 2.40 bits per heavy atom. The zero-order chi connectivity index (χ0) is 14.3. The van der Waals surface area contributed by atoms with Crippen molar-refractivity contribution in [1.29, 1.82) is 0 Å². The van der Waals surface area contributed by atoms with Gasteiger partial charge in [-0.1, -0.05) is 6.07 Å². The topological polar surface area (TPSA) is 79.5 Å². The van der Waals surface area contributed by atoms with Crippen molar-refractivity contribution in [3.8, 4) is 0 Å². The number of rotatable bonds is 6. The third-order valence-corrected chi connectivity index (χ3v) is 2.47. The molecule has 20 heavy (non-hydrogen) atoms. The van der Waals surface area contributed by atoms with Crippen LogP contribution < -0.4 is 16.0 Å². The molecule has 1 aromatic carbocycles. The van der Waals surface area contributed by atoms with Crippen molar-refractivity contribution in [2.24, 2.45) is 0 Å². The average molecular weight is 302 g/mol. The molecule has 1 unspecified atom stereocenters. The second-order valence-corrected chi connectivity index (χ2v) is 4.03. The van der Waals surface area contributed by atoms with E-state index in [9.17, 15) is 9.59 Å². The number of nitrogens with one attached hydrogen (secondary N) is 3. The fourth-order valence-electron chi connectivity index (χ4n) is 1.39. The van der Waals surface area contributed by atoms with E-state index in [1.807, 2.05) is 0 Å². The molecule has 1 rings (SSSR count). The van der Waals surface area contributed by atoms with Gasteiger partial charge in [0, 0.05) is 18.5 Å². The molecule has 2 amide bonds. The lowest BCUT2D eigenvalue weighted by atomic mass is 10.2. The van der Waals surface area contributed by atoms with Gasteiger partial charge in [0.2, 0.25) is 5.91 Å². The summed E-state index contributed by atoms with van der Waals surface area (Å²) in [5.41, 5.74) is 1.24. The molecule has 6 nitrogen and oxygen atoms in total. The van der Waals surface area contributed by atoms with Crippen LogP contribution in [0.2, 0.25) is 0 Å². The molecule has 112 valence electrons. The van der Waals surface area contributed by atoms with Crippen molar-refractivity contribution in [3.05, 3.63) is 24.3 Å². The van der Waals surface area contributed by atoms with E-state index in [0.717, 1.165) is 0 Å². The van der Waals surface area contributed by atoms with Crippen LogP contribution in [0.25, 0.3) is 0 Å². The van der Waals surface area contributed by atoms with Gasteiger partial charge in [-0.2, -0.15) is 0 Å². The van der Waals surface area contributed by atoms with Gasteiger partial charge >= 0.3 is 0 Å². The number of amides is 2. The predicted molar refractivity (Wildman–Crippen MR) is 81.3 cm³/mol. The maximum Gasteiger partial charge on any atom is 0.253 e. The Morgan fingerprint density at radius 1 is 1.25 bits per heavy atom. The van der Waals surface area contributed by atoms with Crippen LogP contribution in [-0.4, -0.2) is 38.6 Å². The monoisotopic (exact) mass is 301 g/mol. The van der Waals surface area contributed by atoms with Gasteiger partial charge in [0.05, 0.1) is 6.54 Å². The maximum absolute atomic E-state index is 11.6. The molecule has 1 atom stereocenters. The van der Waals surface area contributed by atoms with E-state index >= 15 is 0 Å². The van der Waals surface area contributed by atoms with Gasteiger partial charge in [-0.25, -0.2) is 0 Å². The second kappa shape index (κ2) is 9.30. The summed E-state index contributed by atoms with van der Waals surface area (Å²) in [6.45, 7) is 1.89. The first-order valence-corrected chi connectivity index (χ1v) is 5.95. The number of hydrogen-bond acceptors (Lipinski definition) is 4. The first kappa shape index (κ1) is 18.4. The Hall–Kier alpha value is -1.63. The fourth-order valence-corrected chi connectivity index (χ4v) is 1.39. The van der Waals surface area contributed by atoms with E-state index in [4.69, 9.17) is 4.74 Å². The van der Waals surface area contributed by atoms with E-state index in [1.165, 1.54) is 7.11 Å². The van der Waals surface area contributed by atoms with E-state index in [-0.39, 0.29) is 30.8 Å². The summed E-state index contributed by atoms with van der Waals surface area (Å²) in [6, 6.07) is 6.94. The lowest BCUT2D eigenvalue weighted by Gasteiger charge is -2.11. The smallest absolute Gasteiger partial charge is 0.253 e. The summed E-state index contributed by atoms with van der Waals surface area (Å²) >= 11 is 0. The lowest BCUT2D eigenvalue weighted by molar-refractivity contribution is -0.124. The number of hydrogen-bond donors (Lipinski definition) is 3. The van der Waals surface area contributed by atoms with Crippen LogP contribution in [0.5, 0.6) is 0 Å². The first-order valence-electron chi connectivity index (χ1n) is 5.95. The highest BCUT2D eigenvalue weighted by atomic mass is 35.5. The second-order valence-electron chi connectivity index (χ2n) is 4.03. The molecule has 0 fully saturated rings. The van der Waals surface area contributed by atoms with Crippen LogP contribution >= 0.6 is 12.4 Å². The molecular weight excluding hydrogens is 282 g/mol. The molecule has 0 heterocycles. The number of carbonyl (C=O) groups is 2. The number of methoxy groups -OCH3 is 1. The minimum absolute atomic E-state index is 0. The number of anilines is 2. The van der Waals surface area contributed by atoms with Crippen LogP contribution in [0.1, 0.15) is 6.92 Å². The van der Waals surface area contributed by atoms with Crippen molar-refractivity contribution in [2.45, 2.75) is 13.0 Å². The van der Waals surface area contributed by atoms with Gasteiger partial charge in [0.1, 0.15) is 6.10 Å². The highest BCUT2D eigenvalue weighted by molar-refractivity contribution is 5.96. The third-order valence-electron chi connectivity index (χ3n) is 2.47. The number of benzene rings is 1. The molecule has 0 saturated carbocycles. The molecule has 7 heteroatoms. The summed E-state index contributed by atoms with van der Waals surface area (Å²) in [5, 5.41) is 8.18. The lowest BCUT2D eigenvalue weighted by Crippen LogP contribution is -2.27. The maximum atomic E-state index is 11.6. The summed E-state index contributed by atoms with van der Waals surface area (Å²) in [4.78, 5) is 23.1. The molecule has 0 saturated heterocycles. The van der Waals surface area contributed by atoms with Crippen LogP contribution in [0.15, 0.2) is 24.3 Å². The average Bonchev–Trinajstić information content (AvgIpc) is 2.38. The third kappa shape index (κ3) is 6.01. The summed E-state index contributed by atoms with van der Waals surface area (Å²) in [5.74, 6) is -0.377. The van der Waals surface area contributed by atoms with Gasteiger partial charge in [-0.15, -0.1) is 12.4 Å². The molecule has 0 aliphatic heterocycles. The normalized spacial score (nSPS) is 11.2. The predicted octanol–water partition coefficient (Wildman–Crippen LogP) is 1.24. The number of halogens is 1. The first-order chi connectivity index (χ1) is 9.06. The minimum atomic E-state index is -0.525.